The average Bonchev–Trinajstić information content (AvgIpc) is 3.26. The normalized spacial score (nSPS) is 17.2. The van der Waals surface area contributed by atoms with Crippen LogP contribution < -0.4 is 24.5 Å². The van der Waals surface area contributed by atoms with Crippen molar-refractivity contribution in [2.24, 2.45) is 4.99 Å². The number of ether oxygens (including phenoxy) is 3. The number of morpholine rings is 1. The number of esters is 1. The minimum absolute atomic E-state index is 0.0465. The number of halogens is 1. The average molecular weight is 644 g/mol. The largest absolute Gasteiger partial charge is 0.496 e. The van der Waals surface area contributed by atoms with E-state index in [1.54, 1.807) is 57.4 Å². The van der Waals surface area contributed by atoms with Crippen molar-refractivity contribution in [3.63, 3.8) is 0 Å². The first-order chi connectivity index (χ1) is 19.7. The molecule has 2 aliphatic rings. The first-order valence-electron chi connectivity index (χ1n) is 12.9. The van der Waals surface area contributed by atoms with Gasteiger partial charge in [-0.2, -0.15) is 0 Å². The predicted molar refractivity (Wildman–Crippen MR) is 157 cm³/mol. The molecule has 41 heavy (non-hydrogen) atoms. The molecule has 0 bridgehead atoms. The molecule has 2 aliphatic heterocycles. The minimum atomic E-state index is -0.798. The smallest absolute Gasteiger partial charge is 0.338 e. The lowest BCUT2D eigenvalue weighted by Gasteiger charge is -2.28. The van der Waals surface area contributed by atoms with E-state index in [1.165, 1.54) is 10.6 Å². The van der Waals surface area contributed by atoms with Crippen LogP contribution in [0.25, 0.3) is 6.08 Å². The molecule has 0 spiro atoms. The Morgan fingerprint density at radius 2 is 2.02 bits per heavy atom. The van der Waals surface area contributed by atoms with Gasteiger partial charge in [-0.05, 0) is 65.2 Å². The molecule has 11 nitrogen and oxygen atoms in total. The third-order valence-electron chi connectivity index (χ3n) is 6.85. The minimum Gasteiger partial charge on any atom is -0.496 e. The first kappa shape index (κ1) is 28.7. The lowest BCUT2D eigenvalue weighted by molar-refractivity contribution is -0.384. The van der Waals surface area contributed by atoms with Crippen LogP contribution in [0.3, 0.4) is 0 Å². The van der Waals surface area contributed by atoms with Crippen molar-refractivity contribution in [2.45, 2.75) is 19.9 Å². The van der Waals surface area contributed by atoms with Crippen LogP contribution in [-0.4, -0.2) is 55.5 Å². The number of fused-ring (bicyclic) bond motifs is 1. The molecule has 0 N–H and O–H groups in total. The summed E-state index contributed by atoms with van der Waals surface area (Å²) >= 11 is 4.65. The van der Waals surface area contributed by atoms with Gasteiger partial charge in [0.05, 0.1) is 58.2 Å². The monoisotopic (exact) mass is 642 g/mol. The van der Waals surface area contributed by atoms with E-state index in [0.717, 1.165) is 11.3 Å². The summed E-state index contributed by atoms with van der Waals surface area (Å²) in [6.45, 7) is 5.70. The fourth-order valence-electron chi connectivity index (χ4n) is 4.96. The number of nitro groups is 1. The van der Waals surface area contributed by atoms with Gasteiger partial charge >= 0.3 is 5.97 Å². The van der Waals surface area contributed by atoms with Crippen LogP contribution in [0.1, 0.15) is 31.0 Å². The number of nitro benzene ring substituents is 1. The first-order valence-corrected chi connectivity index (χ1v) is 14.5. The molecule has 1 saturated heterocycles. The summed E-state index contributed by atoms with van der Waals surface area (Å²) in [4.78, 5) is 45.4. The van der Waals surface area contributed by atoms with E-state index in [1.807, 2.05) is 4.90 Å². The van der Waals surface area contributed by atoms with Crippen molar-refractivity contribution in [1.29, 1.82) is 0 Å². The molecule has 0 unspecified atom stereocenters. The van der Waals surface area contributed by atoms with Gasteiger partial charge in [0.2, 0.25) is 0 Å². The quantitative estimate of drug-likeness (QED) is 0.218. The Balaban J connectivity index is 1.65. The Morgan fingerprint density at radius 3 is 2.68 bits per heavy atom. The molecule has 3 aromatic rings. The van der Waals surface area contributed by atoms with Crippen molar-refractivity contribution in [3.8, 4) is 5.75 Å². The Morgan fingerprint density at radius 1 is 1.27 bits per heavy atom. The van der Waals surface area contributed by atoms with Gasteiger partial charge in [0, 0.05) is 19.2 Å². The van der Waals surface area contributed by atoms with E-state index in [-0.39, 0.29) is 23.4 Å². The summed E-state index contributed by atoms with van der Waals surface area (Å²) in [5.41, 5.74) is 1.95. The maximum atomic E-state index is 13.9. The number of carbonyl (C=O) groups is 1. The number of carbonyl (C=O) groups excluding carboxylic acids is 1. The fourth-order valence-corrected chi connectivity index (χ4v) is 6.56. The van der Waals surface area contributed by atoms with Gasteiger partial charge in [0.15, 0.2) is 4.80 Å². The van der Waals surface area contributed by atoms with Crippen LogP contribution >= 0.6 is 27.3 Å². The van der Waals surface area contributed by atoms with Crippen LogP contribution in [0, 0.1) is 10.1 Å². The van der Waals surface area contributed by atoms with Gasteiger partial charge in [-0.25, -0.2) is 9.79 Å². The van der Waals surface area contributed by atoms with E-state index >= 15 is 0 Å². The molecule has 0 radical (unpaired) electrons. The van der Waals surface area contributed by atoms with Crippen LogP contribution in [0.15, 0.2) is 61.9 Å². The van der Waals surface area contributed by atoms with Crippen molar-refractivity contribution >= 4 is 50.7 Å². The summed E-state index contributed by atoms with van der Waals surface area (Å²) in [7, 11) is 1.55. The van der Waals surface area contributed by atoms with E-state index in [0.29, 0.717) is 68.4 Å². The van der Waals surface area contributed by atoms with Crippen LogP contribution in [-0.2, 0) is 14.3 Å². The summed E-state index contributed by atoms with van der Waals surface area (Å²) in [6.07, 6.45) is 1.62. The van der Waals surface area contributed by atoms with Crippen molar-refractivity contribution in [2.75, 3.05) is 44.9 Å². The molecule has 0 saturated carbocycles. The van der Waals surface area contributed by atoms with Gasteiger partial charge < -0.3 is 19.1 Å². The highest BCUT2D eigenvalue weighted by Gasteiger charge is 2.33. The standard InChI is InChI=1S/C28H27BrN4O7S/c1-4-40-27(35)24-16(2)30-28-32(25(24)18-6-8-22(38-3)19(29)15-18)26(34)23(41-28)14-17-5-7-20(21(13-17)33(36)37)31-9-11-39-12-10-31/h5-8,13-15,25H,4,9-12H2,1-3H3/b23-14-/t25-/m1/s1. The Bertz CT molecular complexity index is 1740. The Hall–Kier alpha value is -3.81. The Labute approximate surface area is 247 Å². The van der Waals surface area contributed by atoms with E-state index in [2.05, 4.69) is 20.9 Å². The fraction of sp³-hybridized carbons (Fsp3) is 0.321. The molecule has 3 heterocycles. The van der Waals surface area contributed by atoms with Crippen LogP contribution in [0.5, 0.6) is 5.75 Å². The number of benzene rings is 2. The second-order valence-corrected chi connectivity index (χ2v) is 11.2. The number of hydrogen-bond donors (Lipinski definition) is 0. The molecule has 0 aliphatic carbocycles. The van der Waals surface area contributed by atoms with Gasteiger partial charge in [0.25, 0.3) is 11.2 Å². The second kappa shape index (κ2) is 12.0. The highest BCUT2D eigenvalue weighted by molar-refractivity contribution is 9.10. The van der Waals surface area contributed by atoms with Gasteiger partial charge in [-0.15, -0.1) is 0 Å². The zero-order valence-corrected chi connectivity index (χ0v) is 25.0. The number of rotatable bonds is 7. The van der Waals surface area contributed by atoms with Crippen molar-refractivity contribution in [1.82, 2.24) is 4.57 Å². The van der Waals surface area contributed by atoms with Crippen LogP contribution in [0.2, 0.25) is 0 Å². The molecule has 0 amide bonds. The van der Waals surface area contributed by atoms with Crippen molar-refractivity contribution in [3.05, 3.63) is 93.1 Å². The van der Waals surface area contributed by atoms with E-state index in [4.69, 9.17) is 14.2 Å². The molecule has 2 aromatic carbocycles. The number of nitrogens with zero attached hydrogens (tertiary/aromatic N) is 4. The van der Waals surface area contributed by atoms with Crippen molar-refractivity contribution < 1.29 is 23.9 Å². The summed E-state index contributed by atoms with van der Waals surface area (Å²) < 4.78 is 18.5. The number of hydrogen-bond acceptors (Lipinski definition) is 10. The number of anilines is 1. The topological polar surface area (TPSA) is 126 Å². The molecule has 1 atom stereocenters. The number of thiazole rings is 1. The molecule has 5 rings (SSSR count). The lowest BCUT2D eigenvalue weighted by Crippen LogP contribution is -2.40. The maximum absolute atomic E-state index is 13.9. The lowest BCUT2D eigenvalue weighted by atomic mass is 9.96. The van der Waals surface area contributed by atoms with Gasteiger partial charge in [-0.1, -0.05) is 23.5 Å². The van der Waals surface area contributed by atoms with E-state index < -0.39 is 16.9 Å². The number of aromatic nitrogens is 1. The molecular formula is C28H27BrN4O7S. The third kappa shape index (κ3) is 5.56. The molecular weight excluding hydrogens is 616 g/mol. The van der Waals surface area contributed by atoms with Gasteiger partial charge in [0.1, 0.15) is 11.4 Å². The zero-order chi connectivity index (χ0) is 29.3. The predicted octanol–water partition coefficient (Wildman–Crippen LogP) is 3.31. The number of methoxy groups -OCH3 is 1. The number of allylic oxidation sites excluding steroid dienone is 1. The van der Waals surface area contributed by atoms with E-state index in [9.17, 15) is 19.7 Å². The third-order valence-corrected chi connectivity index (χ3v) is 8.46. The SMILES string of the molecule is CCOC(=O)C1=C(C)N=c2s/c(=C\c3ccc(N4CCOCC4)c([N+](=O)[O-])c3)c(=O)n2[C@@H]1c1ccc(OC)c(Br)c1. The summed E-state index contributed by atoms with van der Waals surface area (Å²) in [5, 5.41) is 12.0. The maximum Gasteiger partial charge on any atom is 0.338 e. The summed E-state index contributed by atoms with van der Waals surface area (Å²) in [5.74, 6) is 0.0379. The molecule has 1 fully saturated rings. The van der Waals surface area contributed by atoms with Gasteiger partial charge in [-0.3, -0.25) is 19.5 Å². The molecule has 1 aromatic heterocycles. The second-order valence-electron chi connectivity index (χ2n) is 9.30. The van der Waals surface area contributed by atoms with Crippen LogP contribution in [0.4, 0.5) is 11.4 Å². The summed E-state index contributed by atoms with van der Waals surface area (Å²) in [6, 6.07) is 9.46. The highest BCUT2D eigenvalue weighted by atomic mass is 79.9. The molecule has 214 valence electrons. The molecule has 13 heteroatoms. The Kier molecular flexibility index (Phi) is 8.38. The highest BCUT2D eigenvalue weighted by Crippen LogP contribution is 2.35. The zero-order valence-electron chi connectivity index (χ0n) is 22.6.